The van der Waals surface area contributed by atoms with Crippen LogP contribution in [-0.2, 0) is 6.42 Å². The maximum absolute atomic E-state index is 11.1. The summed E-state index contributed by atoms with van der Waals surface area (Å²) in [7, 11) is 1.55. The van der Waals surface area contributed by atoms with Gasteiger partial charge in [0.05, 0.1) is 4.92 Å². The number of hydrogen-bond donors (Lipinski definition) is 1. The molecule has 2 rings (SSSR count). The highest BCUT2D eigenvalue weighted by Crippen LogP contribution is 2.33. The lowest BCUT2D eigenvalue weighted by Gasteiger charge is -2.07. The zero-order valence-electron chi connectivity index (χ0n) is 11.9. The number of anilines is 1. The summed E-state index contributed by atoms with van der Waals surface area (Å²) in [5.74, 6) is 0.536. The summed E-state index contributed by atoms with van der Waals surface area (Å²) >= 11 is 0. The number of benzene rings is 1. The van der Waals surface area contributed by atoms with Crippen LogP contribution in [0.2, 0.25) is 0 Å². The third-order valence-electron chi connectivity index (χ3n) is 2.88. The van der Waals surface area contributed by atoms with E-state index in [0.29, 0.717) is 5.75 Å². The second-order valence-corrected chi connectivity index (χ2v) is 4.38. The van der Waals surface area contributed by atoms with Crippen LogP contribution in [0.1, 0.15) is 18.9 Å². The molecule has 0 aliphatic rings. The molecule has 21 heavy (non-hydrogen) atoms. The van der Waals surface area contributed by atoms with Gasteiger partial charge in [0, 0.05) is 7.05 Å². The summed E-state index contributed by atoms with van der Waals surface area (Å²) in [4.78, 5) is 18.2. The van der Waals surface area contributed by atoms with Crippen molar-refractivity contribution >= 4 is 11.5 Å². The minimum absolute atomic E-state index is 0.0809. The van der Waals surface area contributed by atoms with Crippen LogP contribution in [0, 0.1) is 10.1 Å². The van der Waals surface area contributed by atoms with E-state index in [1.165, 1.54) is 11.9 Å². The lowest BCUT2D eigenvalue weighted by molar-refractivity contribution is -0.385. The van der Waals surface area contributed by atoms with E-state index in [9.17, 15) is 10.1 Å². The van der Waals surface area contributed by atoms with Crippen molar-refractivity contribution in [1.29, 1.82) is 0 Å². The summed E-state index contributed by atoms with van der Waals surface area (Å²) in [5, 5.41) is 13.8. The number of ether oxygens (including phenoxy) is 1. The lowest BCUT2D eigenvalue weighted by Crippen LogP contribution is -2.03. The Bertz CT molecular complexity index is 629. The maximum Gasteiger partial charge on any atom is 0.373 e. The van der Waals surface area contributed by atoms with Crippen molar-refractivity contribution in [1.82, 2.24) is 9.97 Å². The minimum atomic E-state index is -0.563. The van der Waals surface area contributed by atoms with Crippen molar-refractivity contribution < 1.29 is 9.66 Å². The molecule has 0 aliphatic heterocycles. The summed E-state index contributed by atoms with van der Waals surface area (Å²) in [6.07, 6.45) is 3.26. The second-order valence-electron chi connectivity index (χ2n) is 4.38. The van der Waals surface area contributed by atoms with E-state index in [2.05, 4.69) is 22.2 Å². The fraction of sp³-hybridized carbons (Fsp3) is 0.286. The molecule has 1 N–H and O–H groups in total. The van der Waals surface area contributed by atoms with Crippen LogP contribution >= 0.6 is 0 Å². The molecule has 0 radical (unpaired) electrons. The molecule has 1 aromatic heterocycles. The number of nitrogens with zero attached hydrogens (tertiary/aromatic N) is 3. The van der Waals surface area contributed by atoms with Crippen LogP contribution in [-0.4, -0.2) is 21.9 Å². The first-order valence-corrected chi connectivity index (χ1v) is 6.59. The van der Waals surface area contributed by atoms with Crippen LogP contribution in [0.4, 0.5) is 11.5 Å². The van der Waals surface area contributed by atoms with E-state index < -0.39 is 4.92 Å². The van der Waals surface area contributed by atoms with Gasteiger partial charge in [0.25, 0.3) is 0 Å². The van der Waals surface area contributed by atoms with Gasteiger partial charge >= 0.3 is 11.6 Å². The Morgan fingerprint density at radius 1 is 1.29 bits per heavy atom. The Kier molecular flexibility index (Phi) is 4.65. The first kappa shape index (κ1) is 14.7. The van der Waals surface area contributed by atoms with Gasteiger partial charge in [-0.2, -0.15) is 4.98 Å². The highest BCUT2D eigenvalue weighted by atomic mass is 16.6. The van der Waals surface area contributed by atoms with Gasteiger partial charge in [-0.15, -0.1) is 0 Å². The zero-order chi connectivity index (χ0) is 15.2. The molecule has 0 aliphatic carbocycles. The molecule has 1 heterocycles. The van der Waals surface area contributed by atoms with Crippen LogP contribution in [0.3, 0.4) is 0 Å². The maximum atomic E-state index is 11.1. The topological polar surface area (TPSA) is 90.2 Å². The van der Waals surface area contributed by atoms with Crippen molar-refractivity contribution in [2.75, 3.05) is 12.4 Å². The quantitative estimate of drug-likeness (QED) is 0.648. The fourth-order valence-electron chi connectivity index (χ4n) is 1.91. The van der Waals surface area contributed by atoms with E-state index in [1.54, 1.807) is 19.2 Å². The highest BCUT2D eigenvalue weighted by molar-refractivity contribution is 5.61. The van der Waals surface area contributed by atoms with Crippen molar-refractivity contribution in [3.05, 3.63) is 46.3 Å². The molecule has 110 valence electrons. The van der Waals surface area contributed by atoms with Crippen molar-refractivity contribution in [2.24, 2.45) is 0 Å². The molecule has 7 nitrogen and oxygen atoms in total. The molecule has 0 saturated heterocycles. The molecular formula is C14H16N4O3. The van der Waals surface area contributed by atoms with Gasteiger partial charge in [-0.3, -0.25) is 10.1 Å². The third kappa shape index (κ3) is 3.44. The van der Waals surface area contributed by atoms with Gasteiger partial charge in [0.1, 0.15) is 12.1 Å². The van der Waals surface area contributed by atoms with E-state index in [4.69, 9.17) is 4.74 Å². The predicted molar refractivity (Wildman–Crippen MR) is 78.7 cm³/mol. The number of hydrogen-bond acceptors (Lipinski definition) is 6. The van der Waals surface area contributed by atoms with Crippen LogP contribution in [0.15, 0.2) is 30.6 Å². The van der Waals surface area contributed by atoms with E-state index in [1.807, 2.05) is 12.1 Å². The number of nitro groups is 1. The molecule has 0 amide bonds. The average Bonchev–Trinajstić information content (AvgIpc) is 2.49. The van der Waals surface area contributed by atoms with Crippen LogP contribution in [0.25, 0.3) is 0 Å². The lowest BCUT2D eigenvalue weighted by atomic mass is 10.1. The molecule has 0 bridgehead atoms. The number of nitrogens with one attached hydrogen (secondary N) is 1. The molecule has 7 heteroatoms. The molecule has 1 aromatic carbocycles. The van der Waals surface area contributed by atoms with E-state index >= 15 is 0 Å². The van der Waals surface area contributed by atoms with Crippen LogP contribution in [0.5, 0.6) is 11.6 Å². The monoisotopic (exact) mass is 288 g/mol. The first-order valence-electron chi connectivity index (χ1n) is 6.59. The Balaban J connectivity index is 2.28. The van der Waals surface area contributed by atoms with Gasteiger partial charge in [0.15, 0.2) is 0 Å². The van der Waals surface area contributed by atoms with Crippen molar-refractivity contribution in [3.63, 3.8) is 0 Å². The minimum Gasteiger partial charge on any atom is -0.434 e. The normalized spacial score (nSPS) is 10.2. The number of rotatable bonds is 6. The Morgan fingerprint density at radius 3 is 2.57 bits per heavy atom. The van der Waals surface area contributed by atoms with Gasteiger partial charge in [0.2, 0.25) is 5.82 Å². The predicted octanol–water partition coefficient (Wildman–Crippen LogP) is 3.17. The summed E-state index contributed by atoms with van der Waals surface area (Å²) < 4.78 is 5.51. The Labute approximate surface area is 122 Å². The average molecular weight is 288 g/mol. The second kappa shape index (κ2) is 6.65. The third-order valence-corrected chi connectivity index (χ3v) is 2.88. The van der Waals surface area contributed by atoms with Crippen LogP contribution < -0.4 is 10.1 Å². The first-order chi connectivity index (χ1) is 10.2. The van der Waals surface area contributed by atoms with Gasteiger partial charge < -0.3 is 10.1 Å². The smallest absolute Gasteiger partial charge is 0.373 e. The van der Waals surface area contributed by atoms with Gasteiger partial charge in [-0.1, -0.05) is 25.5 Å². The molecule has 0 unspecified atom stereocenters. The summed E-state index contributed by atoms with van der Waals surface area (Å²) in [6.45, 7) is 2.11. The highest BCUT2D eigenvalue weighted by Gasteiger charge is 2.24. The Hall–Kier alpha value is -2.70. The number of aryl methyl sites for hydroxylation is 1. The molecule has 0 fully saturated rings. The fourth-order valence-corrected chi connectivity index (χ4v) is 1.91. The molecular weight excluding hydrogens is 272 g/mol. The zero-order valence-corrected chi connectivity index (χ0v) is 11.9. The molecule has 2 aromatic rings. The largest absolute Gasteiger partial charge is 0.434 e. The SMILES string of the molecule is CCCc1ccc(Oc2ncnc(NC)c2[N+](=O)[O-])cc1. The van der Waals surface area contributed by atoms with Crippen molar-refractivity contribution in [3.8, 4) is 11.6 Å². The molecule has 0 spiro atoms. The Morgan fingerprint density at radius 2 is 2.00 bits per heavy atom. The van der Waals surface area contributed by atoms with Crippen molar-refractivity contribution in [2.45, 2.75) is 19.8 Å². The van der Waals surface area contributed by atoms with Gasteiger partial charge in [-0.05, 0) is 24.1 Å². The number of aromatic nitrogens is 2. The summed E-state index contributed by atoms with van der Waals surface area (Å²) in [5.41, 5.74) is 0.913. The summed E-state index contributed by atoms with van der Waals surface area (Å²) in [6, 6.07) is 7.42. The van der Waals surface area contributed by atoms with E-state index in [-0.39, 0.29) is 17.4 Å². The standard InChI is InChI=1S/C14H16N4O3/c1-3-4-10-5-7-11(8-6-10)21-14-12(18(19)20)13(15-2)16-9-17-14/h5-9H,3-4H2,1-2H3,(H,15,16,17). The molecule has 0 atom stereocenters. The molecule has 0 saturated carbocycles. The van der Waals surface area contributed by atoms with Gasteiger partial charge in [-0.25, -0.2) is 4.98 Å². The van der Waals surface area contributed by atoms with E-state index in [0.717, 1.165) is 12.8 Å².